The minimum absolute atomic E-state index is 0.219. The van der Waals surface area contributed by atoms with Crippen molar-refractivity contribution >= 4 is 11.7 Å². The topological polar surface area (TPSA) is 54.4 Å². The molecule has 126 valence electrons. The number of pyridine rings is 1. The van der Waals surface area contributed by atoms with Gasteiger partial charge in [-0.15, -0.1) is 0 Å². The van der Waals surface area contributed by atoms with E-state index in [1.807, 2.05) is 18.2 Å². The van der Waals surface area contributed by atoms with E-state index in [1.165, 1.54) is 0 Å². The Hall–Kier alpha value is -2.56. The van der Waals surface area contributed by atoms with E-state index in [2.05, 4.69) is 15.3 Å². The summed E-state index contributed by atoms with van der Waals surface area (Å²) in [4.78, 5) is 21.8. The molecule has 4 nitrogen and oxygen atoms in total. The number of aliphatic imine (C=N–C) groups is 1. The molecule has 1 amide bonds. The second-order valence-electron chi connectivity index (χ2n) is 7.12. The van der Waals surface area contributed by atoms with Crippen LogP contribution in [-0.2, 0) is 16.6 Å². The van der Waals surface area contributed by atoms with Gasteiger partial charge in [-0.2, -0.15) is 4.99 Å². The predicted molar refractivity (Wildman–Crippen MR) is 92.3 cm³/mol. The van der Waals surface area contributed by atoms with Crippen molar-refractivity contribution < 1.29 is 9.18 Å². The van der Waals surface area contributed by atoms with Gasteiger partial charge < -0.3 is 5.32 Å². The SMILES string of the molecule is CNC1=NC(=O)C2(CCc3ncccc32)c2cc(C3CC3)cc(F)c21. The maximum atomic E-state index is 15.0. The van der Waals surface area contributed by atoms with Crippen LogP contribution in [0.5, 0.6) is 0 Å². The number of rotatable bonds is 1. The van der Waals surface area contributed by atoms with Crippen molar-refractivity contribution in [2.24, 2.45) is 4.99 Å². The number of hydrogen-bond acceptors (Lipinski definition) is 3. The van der Waals surface area contributed by atoms with E-state index in [9.17, 15) is 4.79 Å². The molecule has 5 heteroatoms. The van der Waals surface area contributed by atoms with Crippen LogP contribution in [0.25, 0.3) is 0 Å². The summed E-state index contributed by atoms with van der Waals surface area (Å²) in [5.74, 6) is 0.224. The van der Waals surface area contributed by atoms with Crippen LogP contribution >= 0.6 is 0 Å². The van der Waals surface area contributed by atoms with Crippen molar-refractivity contribution in [3.63, 3.8) is 0 Å². The first-order chi connectivity index (χ1) is 12.1. The number of nitrogens with one attached hydrogen (secondary N) is 1. The molecule has 1 atom stereocenters. The van der Waals surface area contributed by atoms with Crippen LogP contribution in [0, 0.1) is 5.82 Å². The number of amidine groups is 1. The minimum Gasteiger partial charge on any atom is -0.372 e. The maximum absolute atomic E-state index is 15.0. The van der Waals surface area contributed by atoms with Crippen LogP contribution in [0.4, 0.5) is 4.39 Å². The third kappa shape index (κ3) is 1.89. The summed E-state index contributed by atoms with van der Waals surface area (Å²) in [5, 5.41) is 2.90. The van der Waals surface area contributed by atoms with Gasteiger partial charge in [-0.1, -0.05) is 12.1 Å². The van der Waals surface area contributed by atoms with E-state index in [0.29, 0.717) is 30.2 Å². The molecule has 2 aromatic rings. The number of fused-ring (bicyclic) bond motifs is 4. The normalized spacial score (nSPS) is 24.1. The van der Waals surface area contributed by atoms with Gasteiger partial charge in [0, 0.05) is 18.9 Å². The first-order valence-electron chi connectivity index (χ1n) is 8.74. The lowest BCUT2D eigenvalue weighted by Gasteiger charge is -2.34. The Morgan fingerprint density at radius 3 is 2.88 bits per heavy atom. The zero-order valence-electron chi connectivity index (χ0n) is 14.0. The summed E-state index contributed by atoms with van der Waals surface area (Å²) < 4.78 is 15.0. The smallest absolute Gasteiger partial charge is 0.262 e. The molecule has 2 aliphatic carbocycles. The molecule has 0 bridgehead atoms. The van der Waals surface area contributed by atoms with Crippen LogP contribution in [0.15, 0.2) is 35.5 Å². The Balaban J connectivity index is 1.84. The zero-order valence-corrected chi connectivity index (χ0v) is 14.0. The van der Waals surface area contributed by atoms with Crippen LogP contribution < -0.4 is 5.32 Å². The molecule has 1 fully saturated rings. The summed E-state index contributed by atoms with van der Waals surface area (Å²) in [7, 11) is 1.67. The molecule has 1 aromatic heterocycles. The lowest BCUT2D eigenvalue weighted by molar-refractivity contribution is -0.122. The first kappa shape index (κ1) is 14.8. The third-order valence-corrected chi connectivity index (χ3v) is 5.76. The number of carbonyl (C=O) groups excluding carboxylic acids is 1. The first-order valence-corrected chi connectivity index (χ1v) is 8.74. The molecule has 0 radical (unpaired) electrons. The summed E-state index contributed by atoms with van der Waals surface area (Å²) in [6.07, 6.45) is 5.23. The van der Waals surface area contributed by atoms with Gasteiger partial charge in [0.2, 0.25) is 0 Å². The van der Waals surface area contributed by atoms with E-state index >= 15 is 4.39 Å². The van der Waals surface area contributed by atoms with Crippen LogP contribution in [0.1, 0.15) is 53.1 Å². The summed E-state index contributed by atoms with van der Waals surface area (Å²) in [6.45, 7) is 0. The van der Waals surface area contributed by atoms with Gasteiger partial charge in [0.05, 0.1) is 5.56 Å². The molecule has 1 N–H and O–H groups in total. The van der Waals surface area contributed by atoms with E-state index in [0.717, 1.165) is 35.2 Å². The quantitative estimate of drug-likeness (QED) is 0.872. The summed E-state index contributed by atoms with van der Waals surface area (Å²) in [5.41, 5.74) is 3.09. The number of aromatic nitrogens is 1. The Morgan fingerprint density at radius 2 is 2.12 bits per heavy atom. The number of hydrogen-bond donors (Lipinski definition) is 1. The van der Waals surface area contributed by atoms with Crippen LogP contribution in [-0.4, -0.2) is 23.8 Å². The molecule has 1 unspecified atom stereocenters. The summed E-state index contributed by atoms with van der Waals surface area (Å²) in [6, 6.07) is 7.45. The van der Waals surface area contributed by atoms with Gasteiger partial charge in [-0.3, -0.25) is 9.78 Å². The molecular formula is C20H18FN3O. The van der Waals surface area contributed by atoms with Crippen LogP contribution in [0.3, 0.4) is 0 Å². The highest BCUT2D eigenvalue weighted by Gasteiger charge is 2.52. The van der Waals surface area contributed by atoms with Gasteiger partial charge in [-0.25, -0.2) is 4.39 Å². The predicted octanol–water partition coefficient (Wildman–Crippen LogP) is 2.84. The lowest BCUT2D eigenvalue weighted by Crippen LogP contribution is -2.42. The van der Waals surface area contributed by atoms with E-state index in [1.54, 1.807) is 19.3 Å². The number of carbonyl (C=O) groups is 1. The maximum Gasteiger partial charge on any atom is 0.262 e. The average Bonchev–Trinajstić information content (AvgIpc) is 3.40. The highest BCUT2D eigenvalue weighted by molar-refractivity contribution is 6.14. The second-order valence-corrected chi connectivity index (χ2v) is 7.12. The lowest BCUT2D eigenvalue weighted by atomic mass is 9.70. The van der Waals surface area contributed by atoms with Crippen molar-refractivity contribution in [1.29, 1.82) is 0 Å². The Bertz CT molecular complexity index is 948. The fourth-order valence-electron chi connectivity index (χ4n) is 4.37. The van der Waals surface area contributed by atoms with Crippen molar-refractivity contribution in [2.45, 2.75) is 37.0 Å². The van der Waals surface area contributed by atoms with E-state index in [4.69, 9.17) is 0 Å². The standard InChI is InChI=1S/C20H18FN3O/c1-22-18-17-14(9-12(10-15(17)21)11-4-5-11)20(19(25)24-18)7-6-16-13(20)3-2-8-23-16/h2-3,8-11H,4-7H2,1H3,(H,22,24,25). The molecule has 1 aliphatic heterocycles. The molecule has 25 heavy (non-hydrogen) atoms. The Labute approximate surface area is 145 Å². The molecule has 1 saturated carbocycles. The van der Waals surface area contributed by atoms with Gasteiger partial charge >= 0.3 is 0 Å². The molecular weight excluding hydrogens is 317 g/mol. The fraction of sp³-hybridized carbons (Fsp3) is 0.350. The largest absolute Gasteiger partial charge is 0.372 e. The third-order valence-electron chi connectivity index (χ3n) is 5.76. The van der Waals surface area contributed by atoms with Crippen LogP contribution in [0.2, 0.25) is 0 Å². The van der Waals surface area contributed by atoms with Gasteiger partial charge in [0.15, 0.2) is 0 Å². The highest BCUT2D eigenvalue weighted by Crippen LogP contribution is 2.50. The number of amides is 1. The van der Waals surface area contributed by atoms with Crippen molar-refractivity contribution in [3.8, 4) is 0 Å². The van der Waals surface area contributed by atoms with Crippen molar-refractivity contribution in [2.75, 3.05) is 7.05 Å². The molecule has 3 aliphatic rings. The minimum atomic E-state index is -0.898. The van der Waals surface area contributed by atoms with Gasteiger partial charge in [0.1, 0.15) is 17.1 Å². The second kappa shape index (κ2) is 4.97. The summed E-state index contributed by atoms with van der Waals surface area (Å²) >= 11 is 0. The number of aryl methyl sites for hydroxylation is 1. The van der Waals surface area contributed by atoms with E-state index in [-0.39, 0.29) is 11.7 Å². The van der Waals surface area contributed by atoms with Gasteiger partial charge in [0.25, 0.3) is 5.91 Å². The zero-order chi connectivity index (χ0) is 17.2. The van der Waals surface area contributed by atoms with E-state index < -0.39 is 5.41 Å². The molecule has 2 heterocycles. The average molecular weight is 335 g/mol. The molecule has 5 rings (SSSR count). The molecule has 1 aromatic carbocycles. The van der Waals surface area contributed by atoms with Crippen molar-refractivity contribution in [1.82, 2.24) is 10.3 Å². The van der Waals surface area contributed by atoms with Crippen molar-refractivity contribution in [3.05, 3.63) is 64.2 Å². The highest BCUT2D eigenvalue weighted by atomic mass is 19.1. The number of halogens is 1. The molecule has 1 spiro atoms. The monoisotopic (exact) mass is 335 g/mol. The fourth-order valence-corrected chi connectivity index (χ4v) is 4.37. The Kier molecular flexibility index (Phi) is 2.94. The number of benzene rings is 1. The molecule has 0 saturated heterocycles. The van der Waals surface area contributed by atoms with Gasteiger partial charge in [-0.05, 0) is 60.4 Å². The Morgan fingerprint density at radius 1 is 1.28 bits per heavy atom. The number of nitrogens with zero attached hydrogens (tertiary/aromatic N) is 2.